The highest BCUT2D eigenvalue weighted by Crippen LogP contribution is 2.24. The van der Waals surface area contributed by atoms with Crippen molar-refractivity contribution in [2.45, 2.75) is 46.2 Å². The minimum atomic E-state index is 0.0144. The maximum atomic E-state index is 11.6. The van der Waals surface area contributed by atoms with Gasteiger partial charge in [0.15, 0.2) is 0 Å². The molecule has 0 radical (unpaired) electrons. The summed E-state index contributed by atoms with van der Waals surface area (Å²) >= 11 is 0. The molecule has 2 aromatic heterocycles. The molecule has 0 saturated carbocycles. The van der Waals surface area contributed by atoms with Crippen LogP contribution in [0.4, 0.5) is 5.69 Å². The molecule has 5 heteroatoms. The van der Waals surface area contributed by atoms with Gasteiger partial charge < -0.3 is 9.88 Å². The third-order valence-electron chi connectivity index (χ3n) is 3.42. The molecule has 5 nitrogen and oxygen atoms in total. The van der Waals surface area contributed by atoms with E-state index in [-0.39, 0.29) is 11.0 Å². The first-order valence-electron chi connectivity index (χ1n) is 7.28. The Labute approximate surface area is 125 Å². The predicted octanol–water partition coefficient (Wildman–Crippen LogP) is 2.51. The fourth-order valence-electron chi connectivity index (χ4n) is 2.38. The largest absolute Gasteiger partial charge is 0.380 e. The molecule has 0 unspecified atom stereocenters. The topological polar surface area (TPSA) is 51.9 Å². The summed E-state index contributed by atoms with van der Waals surface area (Å²) in [4.78, 5) is 11.6. The molecule has 1 N–H and O–H groups in total. The number of rotatable bonds is 4. The number of nitrogens with one attached hydrogen (secondary N) is 1. The molecular formula is C16H24N4O. The highest BCUT2D eigenvalue weighted by atomic mass is 16.1. The number of aromatic nitrogens is 3. The van der Waals surface area contributed by atoms with E-state index >= 15 is 0 Å². The predicted molar refractivity (Wildman–Crippen MR) is 85.6 cm³/mol. The lowest BCUT2D eigenvalue weighted by Gasteiger charge is -2.18. The lowest BCUT2D eigenvalue weighted by Crippen LogP contribution is -2.18. The second-order valence-electron chi connectivity index (χ2n) is 6.32. The number of anilines is 1. The number of hydrogen-bond donors (Lipinski definition) is 1. The average Bonchev–Trinajstić information content (AvgIpc) is 2.79. The van der Waals surface area contributed by atoms with Gasteiger partial charge in [-0.1, -0.05) is 20.8 Å². The summed E-state index contributed by atoms with van der Waals surface area (Å²) in [5.41, 5.74) is 3.26. The molecule has 0 aliphatic carbocycles. The number of nitrogens with zero attached hydrogens (tertiary/aromatic N) is 3. The molecule has 114 valence electrons. The van der Waals surface area contributed by atoms with Gasteiger partial charge in [0.1, 0.15) is 0 Å². The Hall–Kier alpha value is -2.04. The van der Waals surface area contributed by atoms with E-state index in [9.17, 15) is 4.79 Å². The van der Waals surface area contributed by atoms with E-state index < -0.39 is 0 Å². The average molecular weight is 288 g/mol. The maximum Gasteiger partial charge on any atom is 0.250 e. The second-order valence-corrected chi connectivity index (χ2v) is 6.32. The van der Waals surface area contributed by atoms with E-state index in [1.54, 1.807) is 10.6 Å². The van der Waals surface area contributed by atoms with Crippen LogP contribution in [0.1, 0.15) is 39.0 Å². The Kier molecular flexibility index (Phi) is 4.21. The van der Waals surface area contributed by atoms with Crippen molar-refractivity contribution in [3.05, 3.63) is 46.1 Å². The Bertz CT molecular complexity index is 676. The molecule has 0 aromatic carbocycles. The van der Waals surface area contributed by atoms with Crippen LogP contribution in [-0.2, 0) is 25.6 Å². The Morgan fingerprint density at radius 2 is 1.95 bits per heavy atom. The Morgan fingerprint density at radius 1 is 1.24 bits per heavy atom. The third kappa shape index (κ3) is 3.54. The fourth-order valence-corrected chi connectivity index (χ4v) is 2.38. The summed E-state index contributed by atoms with van der Waals surface area (Å²) < 4.78 is 3.54. The van der Waals surface area contributed by atoms with Crippen molar-refractivity contribution < 1.29 is 0 Å². The molecule has 21 heavy (non-hydrogen) atoms. The van der Waals surface area contributed by atoms with E-state index in [0.717, 1.165) is 11.4 Å². The molecule has 0 fully saturated rings. The number of hydrogen-bond acceptors (Lipinski definition) is 3. The summed E-state index contributed by atoms with van der Waals surface area (Å²) in [6, 6.07) is 3.42. The number of pyridine rings is 1. The van der Waals surface area contributed by atoms with Crippen LogP contribution in [0.5, 0.6) is 0 Å². The van der Waals surface area contributed by atoms with Crippen LogP contribution in [-0.4, -0.2) is 14.3 Å². The van der Waals surface area contributed by atoms with Crippen LogP contribution in [0.25, 0.3) is 0 Å². The van der Waals surface area contributed by atoms with Crippen molar-refractivity contribution in [1.29, 1.82) is 0 Å². The van der Waals surface area contributed by atoms with Gasteiger partial charge in [-0.25, -0.2) is 0 Å². The highest BCUT2D eigenvalue weighted by Gasteiger charge is 2.21. The quantitative estimate of drug-likeness (QED) is 0.940. The minimum Gasteiger partial charge on any atom is -0.380 e. The lowest BCUT2D eigenvalue weighted by atomic mass is 9.89. The van der Waals surface area contributed by atoms with Gasteiger partial charge in [-0.05, 0) is 13.0 Å². The first-order valence-corrected chi connectivity index (χ1v) is 7.28. The van der Waals surface area contributed by atoms with Gasteiger partial charge in [-0.15, -0.1) is 0 Å². The minimum absolute atomic E-state index is 0.0144. The lowest BCUT2D eigenvalue weighted by molar-refractivity contribution is 0.549. The van der Waals surface area contributed by atoms with Crippen LogP contribution < -0.4 is 10.9 Å². The zero-order chi connectivity index (χ0) is 15.6. The maximum absolute atomic E-state index is 11.6. The van der Waals surface area contributed by atoms with Gasteiger partial charge in [0.05, 0.1) is 11.4 Å². The summed E-state index contributed by atoms with van der Waals surface area (Å²) in [6.45, 7) is 9.82. The van der Waals surface area contributed by atoms with Crippen LogP contribution in [0.2, 0.25) is 0 Å². The molecule has 0 spiro atoms. The van der Waals surface area contributed by atoms with Crippen LogP contribution >= 0.6 is 0 Å². The van der Waals surface area contributed by atoms with Crippen molar-refractivity contribution >= 4 is 5.69 Å². The molecule has 0 bridgehead atoms. The van der Waals surface area contributed by atoms with Gasteiger partial charge in [-0.2, -0.15) is 5.10 Å². The van der Waals surface area contributed by atoms with Gasteiger partial charge in [-0.3, -0.25) is 9.48 Å². The van der Waals surface area contributed by atoms with Gasteiger partial charge >= 0.3 is 0 Å². The van der Waals surface area contributed by atoms with Crippen molar-refractivity contribution in [3.63, 3.8) is 0 Å². The monoisotopic (exact) mass is 288 g/mol. The smallest absolute Gasteiger partial charge is 0.250 e. The fraction of sp³-hybridized carbons (Fsp3) is 0.500. The molecule has 0 aliphatic rings. The summed E-state index contributed by atoms with van der Waals surface area (Å²) in [6.07, 6.45) is 3.90. The zero-order valence-electron chi connectivity index (χ0n) is 13.5. The van der Waals surface area contributed by atoms with Crippen LogP contribution in [0, 0.1) is 0 Å². The molecule has 0 amide bonds. The van der Waals surface area contributed by atoms with Crippen molar-refractivity contribution in [2.75, 3.05) is 5.32 Å². The normalized spacial score (nSPS) is 11.7. The first-order chi connectivity index (χ1) is 9.81. The first kappa shape index (κ1) is 15.4. The standard InChI is InChI=1S/C16H24N4O/c1-6-20-11-13(7-8-14(20)21)17-9-12-10-19(5)18-15(12)16(2,3)4/h7-8,10-11,17H,6,9H2,1-5H3. The summed E-state index contributed by atoms with van der Waals surface area (Å²) in [5, 5.41) is 7.94. The molecular weight excluding hydrogens is 264 g/mol. The Balaban J connectivity index is 2.19. The molecule has 0 atom stereocenters. The SMILES string of the molecule is CCn1cc(NCc2cn(C)nc2C(C)(C)C)ccc1=O. The number of aryl methyl sites for hydroxylation is 2. The molecule has 0 saturated heterocycles. The Morgan fingerprint density at radius 3 is 2.57 bits per heavy atom. The van der Waals surface area contributed by atoms with Gasteiger partial charge in [0, 0.05) is 49.6 Å². The van der Waals surface area contributed by atoms with Crippen LogP contribution in [0.15, 0.2) is 29.3 Å². The zero-order valence-corrected chi connectivity index (χ0v) is 13.5. The van der Waals surface area contributed by atoms with E-state index in [0.29, 0.717) is 13.1 Å². The van der Waals surface area contributed by atoms with Crippen LogP contribution in [0.3, 0.4) is 0 Å². The van der Waals surface area contributed by atoms with Crippen molar-refractivity contribution in [1.82, 2.24) is 14.3 Å². The second kappa shape index (κ2) is 5.76. The van der Waals surface area contributed by atoms with Crippen molar-refractivity contribution in [3.8, 4) is 0 Å². The third-order valence-corrected chi connectivity index (χ3v) is 3.42. The van der Waals surface area contributed by atoms with E-state index in [1.807, 2.05) is 37.1 Å². The van der Waals surface area contributed by atoms with Crippen molar-refractivity contribution in [2.24, 2.45) is 7.05 Å². The summed E-state index contributed by atoms with van der Waals surface area (Å²) in [5.74, 6) is 0. The van der Waals surface area contributed by atoms with E-state index in [4.69, 9.17) is 0 Å². The highest BCUT2D eigenvalue weighted by molar-refractivity contribution is 5.41. The van der Waals surface area contributed by atoms with E-state index in [2.05, 4.69) is 31.2 Å². The summed E-state index contributed by atoms with van der Waals surface area (Å²) in [7, 11) is 1.94. The van der Waals surface area contributed by atoms with Gasteiger partial charge in [0.2, 0.25) is 0 Å². The molecule has 2 rings (SSSR count). The molecule has 2 heterocycles. The molecule has 0 aliphatic heterocycles. The van der Waals surface area contributed by atoms with Gasteiger partial charge in [0.25, 0.3) is 5.56 Å². The molecule has 2 aromatic rings. The van der Waals surface area contributed by atoms with E-state index in [1.165, 1.54) is 5.56 Å².